The van der Waals surface area contributed by atoms with Crippen LogP contribution in [-0.4, -0.2) is 41.0 Å². The largest absolute Gasteiger partial charge is 0.523 e. The number of amides is 2. The summed E-state index contributed by atoms with van der Waals surface area (Å²) in [6, 6.07) is 0. The molecule has 52 valence electrons. The Labute approximate surface area is 51.7 Å². The predicted molar refractivity (Wildman–Crippen MR) is 28.2 cm³/mol. The molecule has 0 aromatic heterocycles. The second-order valence-electron chi connectivity index (χ2n) is 2.02. The highest BCUT2D eigenvalue weighted by Crippen LogP contribution is 1.96. The monoisotopic (exact) mass is 134 g/mol. The molecule has 0 atom stereocenters. The van der Waals surface area contributed by atoms with Crippen LogP contribution in [0.2, 0.25) is 0 Å². The Balaban J connectivity index is 4.38. The number of quaternary nitrogens is 1. The number of carboxylic acid groups (broad SMARTS) is 2. The Kier molecular flexibility index (Phi) is 1.77. The summed E-state index contributed by atoms with van der Waals surface area (Å²) in [4.78, 5) is 20.1. The molecule has 5 nitrogen and oxygen atoms in total. The van der Waals surface area contributed by atoms with Gasteiger partial charge >= 0.3 is 12.2 Å². The standard InChI is InChI=1S/C4H7NO4/c1-5(2,3(6)7)4(8)9/h1-2H3,(H-,6,7,8,9)/p+1. The number of hydrogen-bond acceptors (Lipinski definition) is 2. The molecule has 0 radical (unpaired) electrons. The molecule has 0 fully saturated rings. The summed E-state index contributed by atoms with van der Waals surface area (Å²) >= 11 is 0. The van der Waals surface area contributed by atoms with Crippen molar-refractivity contribution in [2.24, 2.45) is 0 Å². The average Bonchev–Trinajstić information content (AvgIpc) is 1.65. The molecule has 0 aromatic carbocycles. The zero-order valence-electron chi connectivity index (χ0n) is 5.16. The van der Waals surface area contributed by atoms with Crippen molar-refractivity contribution in [1.82, 2.24) is 0 Å². The van der Waals surface area contributed by atoms with Crippen LogP contribution in [0.5, 0.6) is 0 Å². The van der Waals surface area contributed by atoms with Crippen LogP contribution in [0.4, 0.5) is 9.59 Å². The third-order valence-corrected chi connectivity index (χ3v) is 0.956. The molecule has 2 N–H and O–H groups in total. The van der Waals surface area contributed by atoms with Crippen LogP contribution in [0.25, 0.3) is 0 Å². The van der Waals surface area contributed by atoms with E-state index in [1.54, 1.807) is 0 Å². The maximum atomic E-state index is 10.1. The van der Waals surface area contributed by atoms with Gasteiger partial charge in [-0.1, -0.05) is 0 Å². The van der Waals surface area contributed by atoms with E-state index in [4.69, 9.17) is 10.2 Å². The van der Waals surface area contributed by atoms with Gasteiger partial charge in [0.15, 0.2) is 0 Å². The van der Waals surface area contributed by atoms with Gasteiger partial charge in [0.2, 0.25) is 0 Å². The highest BCUT2D eigenvalue weighted by molar-refractivity contribution is 5.73. The van der Waals surface area contributed by atoms with E-state index in [1.807, 2.05) is 0 Å². The van der Waals surface area contributed by atoms with E-state index in [1.165, 1.54) is 0 Å². The number of imide groups is 1. The minimum Gasteiger partial charge on any atom is -0.435 e. The van der Waals surface area contributed by atoms with Crippen LogP contribution in [-0.2, 0) is 0 Å². The highest BCUT2D eigenvalue weighted by atomic mass is 16.4. The molecule has 2 amide bonds. The predicted octanol–water partition coefficient (Wildman–Crippen LogP) is 0.419. The summed E-state index contributed by atoms with van der Waals surface area (Å²) in [6.07, 6.45) is -2.77. The van der Waals surface area contributed by atoms with Gasteiger partial charge in [0, 0.05) is 0 Å². The zero-order chi connectivity index (χ0) is 7.65. The summed E-state index contributed by atoms with van der Waals surface area (Å²) in [5, 5.41) is 16.4. The molecular weight excluding hydrogens is 126 g/mol. The fourth-order valence-corrected chi connectivity index (χ4v) is 0.0818. The van der Waals surface area contributed by atoms with Crippen molar-refractivity contribution >= 4 is 12.2 Å². The second-order valence-corrected chi connectivity index (χ2v) is 2.02. The van der Waals surface area contributed by atoms with Gasteiger partial charge in [-0.05, 0) is 0 Å². The maximum absolute atomic E-state index is 10.1. The summed E-state index contributed by atoms with van der Waals surface area (Å²) in [7, 11) is 2.15. The number of rotatable bonds is 0. The number of nitrogens with zero attached hydrogens (tertiary/aromatic N) is 1. The first-order chi connectivity index (χ1) is 3.89. The van der Waals surface area contributed by atoms with Crippen LogP contribution in [0, 0.1) is 0 Å². The summed E-state index contributed by atoms with van der Waals surface area (Å²) in [6.45, 7) is 0. The first kappa shape index (κ1) is 7.90. The van der Waals surface area contributed by atoms with Gasteiger partial charge in [0.25, 0.3) is 0 Å². The normalized spacial score (nSPS) is 10.9. The first-order valence-corrected chi connectivity index (χ1v) is 2.20. The third kappa shape index (κ3) is 1.39. The molecule has 0 saturated heterocycles. The number of hydrogen-bond donors (Lipinski definition) is 2. The van der Waals surface area contributed by atoms with E-state index in [0.29, 0.717) is 0 Å². The van der Waals surface area contributed by atoms with Gasteiger partial charge in [-0.25, -0.2) is 0 Å². The highest BCUT2D eigenvalue weighted by Gasteiger charge is 2.35. The molecule has 0 aliphatic rings. The van der Waals surface area contributed by atoms with Crippen LogP contribution in [0.3, 0.4) is 0 Å². The quantitative estimate of drug-likeness (QED) is 0.471. The smallest absolute Gasteiger partial charge is 0.435 e. The van der Waals surface area contributed by atoms with Crippen molar-refractivity contribution in [2.45, 2.75) is 0 Å². The first-order valence-electron chi connectivity index (χ1n) is 2.20. The molecular formula is C4H8NO4+. The Hall–Kier alpha value is -1.10. The molecule has 0 aliphatic heterocycles. The molecule has 0 bridgehead atoms. The fourth-order valence-electron chi connectivity index (χ4n) is 0.0818. The van der Waals surface area contributed by atoms with Crippen LogP contribution < -0.4 is 0 Å². The lowest BCUT2D eigenvalue weighted by molar-refractivity contribution is -0.740. The van der Waals surface area contributed by atoms with Gasteiger partial charge in [0.05, 0.1) is 14.1 Å². The molecule has 5 heteroatoms. The fraction of sp³-hybridized carbons (Fsp3) is 0.500. The van der Waals surface area contributed by atoms with Crippen LogP contribution >= 0.6 is 0 Å². The molecule has 0 unspecified atom stereocenters. The molecule has 0 spiro atoms. The van der Waals surface area contributed by atoms with Crippen molar-refractivity contribution in [3.05, 3.63) is 0 Å². The lowest BCUT2D eigenvalue weighted by atomic mass is 10.7. The van der Waals surface area contributed by atoms with Gasteiger partial charge in [-0.15, -0.1) is 4.48 Å². The van der Waals surface area contributed by atoms with Gasteiger partial charge in [-0.3, -0.25) is 0 Å². The van der Waals surface area contributed by atoms with Crippen molar-refractivity contribution in [2.75, 3.05) is 14.1 Å². The number of carbonyl (C=O) groups is 2. The van der Waals surface area contributed by atoms with Crippen LogP contribution in [0.1, 0.15) is 0 Å². The van der Waals surface area contributed by atoms with E-state index < -0.39 is 16.7 Å². The molecule has 9 heavy (non-hydrogen) atoms. The Morgan fingerprint density at radius 3 is 1.33 bits per heavy atom. The van der Waals surface area contributed by atoms with Gasteiger partial charge < -0.3 is 10.2 Å². The second kappa shape index (κ2) is 2.02. The van der Waals surface area contributed by atoms with Gasteiger partial charge in [0.1, 0.15) is 0 Å². The van der Waals surface area contributed by atoms with E-state index in [-0.39, 0.29) is 0 Å². The van der Waals surface area contributed by atoms with Crippen molar-refractivity contribution in [1.29, 1.82) is 0 Å². The minimum atomic E-state index is -1.39. The van der Waals surface area contributed by atoms with Crippen molar-refractivity contribution in [3.8, 4) is 0 Å². The van der Waals surface area contributed by atoms with Crippen molar-refractivity contribution < 1.29 is 24.3 Å². The third-order valence-electron chi connectivity index (χ3n) is 0.956. The van der Waals surface area contributed by atoms with E-state index >= 15 is 0 Å². The SMILES string of the molecule is C[N+](C)(C(=O)O)C(=O)O. The Morgan fingerprint density at radius 2 is 1.33 bits per heavy atom. The summed E-state index contributed by atoms with van der Waals surface area (Å²) < 4.78 is -1.06. The molecule has 0 aromatic rings. The lowest BCUT2D eigenvalue weighted by Crippen LogP contribution is -2.48. The molecule has 0 saturated carbocycles. The zero-order valence-corrected chi connectivity index (χ0v) is 5.16. The van der Waals surface area contributed by atoms with E-state index in [9.17, 15) is 9.59 Å². The van der Waals surface area contributed by atoms with E-state index in [2.05, 4.69) is 0 Å². The Morgan fingerprint density at radius 1 is 1.11 bits per heavy atom. The van der Waals surface area contributed by atoms with Crippen molar-refractivity contribution in [3.63, 3.8) is 0 Å². The minimum absolute atomic E-state index is 1.06. The van der Waals surface area contributed by atoms with Gasteiger partial charge in [-0.2, -0.15) is 9.59 Å². The average molecular weight is 134 g/mol. The molecule has 0 rings (SSSR count). The summed E-state index contributed by atoms with van der Waals surface area (Å²) in [5.41, 5.74) is 0. The van der Waals surface area contributed by atoms with Crippen LogP contribution in [0.15, 0.2) is 0 Å². The summed E-state index contributed by atoms with van der Waals surface area (Å²) in [5.74, 6) is 0. The molecule has 0 aliphatic carbocycles. The topological polar surface area (TPSA) is 74.6 Å². The maximum Gasteiger partial charge on any atom is 0.523 e. The molecule has 0 heterocycles. The van der Waals surface area contributed by atoms with E-state index in [0.717, 1.165) is 14.1 Å². The lowest BCUT2D eigenvalue weighted by Gasteiger charge is -2.13. The Bertz CT molecular complexity index is 135.